The quantitative estimate of drug-likeness (QED) is 0.786. The standard InChI is InChI=1S/C20H23F2N3O3/c1-13(2)20(27)25-9-7-24(8-10-25)19(26)6-5-18-23-12-17(28-18)15-4-3-14(21)11-16(15)22/h3-4,11-13H,5-10H2,1-2H3. The van der Waals surface area contributed by atoms with Crippen molar-refractivity contribution < 1.29 is 22.8 Å². The second kappa shape index (κ2) is 8.50. The van der Waals surface area contributed by atoms with Crippen molar-refractivity contribution in [3.05, 3.63) is 41.9 Å². The van der Waals surface area contributed by atoms with Gasteiger partial charge in [0.15, 0.2) is 11.7 Å². The minimum Gasteiger partial charge on any atom is -0.441 e. The van der Waals surface area contributed by atoms with Gasteiger partial charge in [-0.3, -0.25) is 9.59 Å². The normalized spacial score (nSPS) is 14.6. The van der Waals surface area contributed by atoms with Crippen LogP contribution in [0.15, 0.2) is 28.8 Å². The lowest BCUT2D eigenvalue weighted by molar-refractivity contribution is -0.141. The minimum absolute atomic E-state index is 0.0376. The number of oxazole rings is 1. The number of amides is 2. The van der Waals surface area contributed by atoms with Gasteiger partial charge in [0.2, 0.25) is 11.8 Å². The molecule has 0 radical (unpaired) electrons. The molecule has 0 N–H and O–H groups in total. The molecule has 1 aliphatic heterocycles. The Morgan fingerprint density at radius 2 is 1.82 bits per heavy atom. The maximum absolute atomic E-state index is 13.8. The van der Waals surface area contributed by atoms with Gasteiger partial charge in [-0.1, -0.05) is 13.8 Å². The first-order chi connectivity index (χ1) is 13.3. The predicted molar refractivity (Wildman–Crippen MR) is 98.2 cm³/mol. The zero-order valence-corrected chi connectivity index (χ0v) is 16.0. The van der Waals surface area contributed by atoms with E-state index < -0.39 is 11.6 Å². The Bertz CT molecular complexity index is 858. The molecule has 0 unspecified atom stereocenters. The van der Waals surface area contributed by atoms with Crippen molar-refractivity contribution in [2.75, 3.05) is 26.2 Å². The third kappa shape index (κ3) is 4.55. The summed E-state index contributed by atoms with van der Waals surface area (Å²) in [7, 11) is 0. The fraction of sp³-hybridized carbons (Fsp3) is 0.450. The largest absolute Gasteiger partial charge is 0.441 e. The summed E-state index contributed by atoms with van der Waals surface area (Å²) < 4.78 is 32.3. The van der Waals surface area contributed by atoms with E-state index >= 15 is 0 Å². The molecule has 6 nitrogen and oxygen atoms in total. The molecule has 1 aromatic heterocycles. The summed E-state index contributed by atoms with van der Waals surface area (Å²) in [5.74, 6) is -0.861. The van der Waals surface area contributed by atoms with E-state index in [9.17, 15) is 18.4 Å². The van der Waals surface area contributed by atoms with E-state index in [0.29, 0.717) is 32.1 Å². The third-order valence-electron chi connectivity index (χ3n) is 4.74. The van der Waals surface area contributed by atoms with Gasteiger partial charge in [-0.25, -0.2) is 13.8 Å². The first kappa shape index (κ1) is 20.0. The van der Waals surface area contributed by atoms with Gasteiger partial charge in [-0.2, -0.15) is 0 Å². The van der Waals surface area contributed by atoms with Crippen molar-refractivity contribution in [1.29, 1.82) is 0 Å². The Labute approximate surface area is 162 Å². The van der Waals surface area contributed by atoms with Crippen LogP contribution in [0, 0.1) is 17.6 Å². The number of carbonyl (C=O) groups is 2. The topological polar surface area (TPSA) is 66.7 Å². The second-order valence-electron chi connectivity index (χ2n) is 7.10. The fourth-order valence-electron chi connectivity index (χ4n) is 3.15. The molecule has 1 fully saturated rings. The van der Waals surface area contributed by atoms with Gasteiger partial charge in [0.1, 0.15) is 11.6 Å². The number of hydrogen-bond acceptors (Lipinski definition) is 4. The Morgan fingerprint density at radius 1 is 1.14 bits per heavy atom. The van der Waals surface area contributed by atoms with Crippen LogP contribution in [0.5, 0.6) is 0 Å². The van der Waals surface area contributed by atoms with Crippen LogP contribution in [0.4, 0.5) is 8.78 Å². The second-order valence-corrected chi connectivity index (χ2v) is 7.10. The summed E-state index contributed by atoms with van der Waals surface area (Å²) in [5.41, 5.74) is 0.123. The van der Waals surface area contributed by atoms with Gasteiger partial charge < -0.3 is 14.2 Å². The van der Waals surface area contributed by atoms with Crippen LogP contribution in [0.2, 0.25) is 0 Å². The zero-order chi connectivity index (χ0) is 20.3. The highest BCUT2D eigenvalue weighted by Gasteiger charge is 2.25. The summed E-state index contributed by atoms with van der Waals surface area (Å²) >= 11 is 0. The first-order valence-corrected chi connectivity index (χ1v) is 9.32. The fourth-order valence-corrected chi connectivity index (χ4v) is 3.15. The van der Waals surface area contributed by atoms with Crippen LogP contribution in [-0.4, -0.2) is 52.8 Å². The SMILES string of the molecule is CC(C)C(=O)N1CCN(C(=O)CCc2ncc(-c3ccc(F)cc3F)o2)CC1. The van der Waals surface area contributed by atoms with E-state index in [4.69, 9.17) is 4.42 Å². The number of hydrogen-bond donors (Lipinski definition) is 0. The molecule has 150 valence electrons. The van der Waals surface area contributed by atoms with Crippen LogP contribution in [0.25, 0.3) is 11.3 Å². The van der Waals surface area contributed by atoms with Crippen molar-refractivity contribution in [1.82, 2.24) is 14.8 Å². The van der Waals surface area contributed by atoms with Crippen LogP contribution < -0.4 is 0 Å². The lowest BCUT2D eigenvalue weighted by Crippen LogP contribution is -2.51. The number of piperazine rings is 1. The summed E-state index contributed by atoms with van der Waals surface area (Å²) in [4.78, 5) is 32.0. The van der Waals surface area contributed by atoms with Gasteiger partial charge in [0.25, 0.3) is 0 Å². The van der Waals surface area contributed by atoms with Gasteiger partial charge >= 0.3 is 0 Å². The highest BCUT2D eigenvalue weighted by atomic mass is 19.1. The molecule has 0 spiro atoms. The van der Waals surface area contributed by atoms with Crippen molar-refractivity contribution in [3.63, 3.8) is 0 Å². The molecule has 0 aliphatic carbocycles. The molecule has 1 aliphatic rings. The molecular weight excluding hydrogens is 368 g/mol. The zero-order valence-electron chi connectivity index (χ0n) is 16.0. The molecule has 0 saturated carbocycles. The van der Waals surface area contributed by atoms with Gasteiger partial charge in [-0.15, -0.1) is 0 Å². The van der Waals surface area contributed by atoms with E-state index in [0.717, 1.165) is 12.1 Å². The van der Waals surface area contributed by atoms with Crippen molar-refractivity contribution in [3.8, 4) is 11.3 Å². The molecule has 8 heteroatoms. The van der Waals surface area contributed by atoms with Crippen LogP contribution in [0.1, 0.15) is 26.2 Å². The van der Waals surface area contributed by atoms with Crippen LogP contribution in [-0.2, 0) is 16.0 Å². The van der Waals surface area contributed by atoms with E-state index in [2.05, 4.69) is 4.98 Å². The Kier molecular flexibility index (Phi) is 6.06. The number of aryl methyl sites for hydroxylation is 1. The number of benzene rings is 1. The Balaban J connectivity index is 1.52. The summed E-state index contributed by atoms with van der Waals surface area (Å²) in [6.07, 6.45) is 1.86. The maximum atomic E-state index is 13.8. The van der Waals surface area contributed by atoms with E-state index in [1.807, 2.05) is 13.8 Å². The molecule has 2 heterocycles. The molecule has 28 heavy (non-hydrogen) atoms. The number of aromatic nitrogens is 1. The Hall–Kier alpha value is -2.77. The molecule has 1 aromatic carbocycles. The lowest BCUT2D eigenvalue weighted by atomic mass is 10.1. The summed E-state index contributed by atoms with van der Waals surface area (Å²) in [6, 6.07) is 3.22. The molecule has 3 rings (SSSR count). The number of rotatable bonds is 5. The van der Waals surface area contributed by atoms with E-state index in [-0.39, 0.29) is 41.9 Å². The van der Waals surface area contributed by atoms with Crippen molar-refractivity contribution in [2.45, 2.75) is 26.7 Å². The van der Waals surface area contributed by atoms with Crippen molar-refractivity contribution >= 4 is 11.8 Å². The third-order valence-corrected chi connectivity index (χ3v) is 4.74. The number of nitrogens with zero attached hydrogens (tertiary/aromatic N) is 3. The van der Waals surface area contributed by atoms with E-state index in [1.54, 1.807) is 9.80 Å². The molecule has 0 bridgehead atoms. The highest BCUT2D eigenvalue weighted by Crippen LogP contribution is 2.24. The predicted octanol–water partition coefficient (Wildman–Crippen LogP) is 2.88. The summed E-state index contributed by atoms with van der Waals surface area (Å²) in [5, 5.41) is 0. The molecular formula is C20H23F2N3O3. The monoisotopic (exact) mass is 391 g/mol. The van der Waals surface area contributed by atoms with Crippen molar-refractivity contribution in [2.24, 2.45) is 5.92 Å². The Morgan fingerprint density at radius 3 is 2.46 bits per heavy atom. The molecule has 2 aromatic rings. The van der Waals surface area contributed by atoms with Crippen LogP contribution >= 0.6 is 0 Å². The lowest BCUT2D eigenvalue weighted by Gasteiger charge is -2.35. The number of carbonyl (C=O) groups excluding carboxylic acids is 2. The molecule has 2 amide bonds. The highest BCUT2D eigenvalue weighted by molar-refractivity contribution is 5.79. The average molecular weight is 391 g/mol. The maximum Gasteiger partial charge on any atom is 0.225 e. The minimum atomic E-state index is -0.729. The van der Waals surface area contributed by atoms with Gasteiger partial charge in [0, 0.05) is 51.0 Å². The van der Waals surface area contributed by atoms with Crippen LogP contribution in [0.3, 0.4) is 0 Å². The summed E-state index contributed by atoms with van der Waals surface area (Å²) in [6.45, 7) is 5.82. The first-order valence-electron chi connectivity index (χ1n) is 9.32. The molecule has 1 saturated heterocycles. The smallest absolute Gasteiger partial charge is 0.225 e. The number of halogens is 2. The average Bonchev–Trinajstić information content (AvgIpc) is 3.14. The van der Waals surface area contributed by atoms with Gasteiger partial charge in [0.05, 0.1) is 11.8 Å². The van der Waals surface area contributed by atoms with Gasteiger partial charge in [-0.05, 0) is 12.1 Å². The van der Waals surface area contributed by atoms with E-state index in [1.165, 1.54) is 12.3 Å². The molecule has 0 atom stereocenters.